The van der Waals surface area contributed by atoms with Gasteiger partial charge in [-0.1, -0.05) is 157 Å². The molecule has 0 bridgehead atoms. The summed E-state index contributed by atoms with van der Waals surface area (Å²) in [5, 5.41) is 7.18. The van der Waals surface area contributed by atoms with E-state index in [4.69, 9.17) is 4.42 Å². The Labute approximate surface area is 415 Å². The standard InChI is InChI=1S/C66H52BN3O/c1-65(2,3)45-28-31-56-51(36-45)52-37-46(66(4,5)6)38-55-64(52)69(56)58-40-50(68(47-22-12-8-13-23-47)48-24-14-9-15-25-48)39-54-61-57(32-33-59-62(61)53-34-43-20-16-17-21-44(43)35-60(53)71-59)70(67(55)63(54)58)49-29-26-42(27-30-49)41-18-10-7-11-19-41/h7-40H,1-6H3. The van der Waals surface area contributed by atoms with E-state index in [2.05, 4.69) is 262 Å². The molecule has 0 unspecified atom stereocenters. The zero-order chi connectivity index (χ0) is 47.9. The van der Waals surface area contributed by atoms with Crippen molar-refractivity contribution in [2.24, 2.45) is 0 Å². The molecule has 0 N–H and O–H groups in total. The summed E-state index contributed by atoms with van der Waals surface area (Å²) in [7, 11) is 0. The lowest BCUT2D eigenvalue weighted by molar-refractivity contribution is 0.590. The number of anilines is 5. The van der Waals surface area contributed by atoms with Crippen LogP contribution in [-0.2, 0) is 10.8 Å². The number of fused-ring (bicyclic) bond motifs is 12. The van der Waals surface area contributed by atoms with Gasteiger partial charge in [0.25, 0.3) is 0 Å². The highest BCUT2D eigenvalue weighted by Crippen LogP contribution is 2.52. The minimum Gasteiger partial charge on any atom is -0.456 e. The molecule has 0 radical (unpaired) electrons. The number of nitrogens with zero attached hydrogens (tertiary/aromatic N) is 3. The first-order valence-corrected chi connectivity index (χ1v) is 25.0. The quantitative estimate of drug-likeness (QED) is 0.161. The molecule has 0 saturated carbocycles. The third-order valence-electron chi connectivity index (χ3n) is 15.4. The van der Waals surface area contributed by atoms with Crippen LogP contribution in [-0.4, -0.2) is 11.4 Å². The zero-order valence-corrected chi connectivity index (χ0v) is 41.0. The van der Waals surface area contributed by atoms with Gasteiger partial charge in [0.15, 0.2) is 0 Å². The molecule has 0 atom stereocenters. The summed E-state index contributed by atoms with van der Waals surface area (Å²) in [5.41, 5.74) is 20.9. The Morgan fingerprint density at radius 3 is 1.76 bits per heavy atom. The summed E-state index contributed by atoms with van der Waals surface area (Å²) >= 11 is 0. The van der Waals surface area contributed by atoms with Gasteiger partial charge in [0.1, 0.15) is 11.2 Å². The van der Waals surface area contributed by atoms with Crippen molar-refractivity contribution in [1.82, 2.24) is 4.57 Å². The number of para-hydroxylation sites is 2. The lowest BCUT2D eigenvalue weighted by Gasteiger charge is -2.43. The maximum atomic E-state index is 6.97. The summed E-state index contributed by atoms with van der Waals surface area (Å²) < 4.78 is 9.59. The Hall–Kier alpha value is -8.28. The third-order valence-corrected chi connectivity index (χ3v) is 15.4. The van der Waals surface area contributed by atoms with Crippen molar-refractivity contribution in [3.8, 4) is 27.9 Å². The molecule has 2 aliphatic rings. The number of hydrogen-bond donors (Lipinski definition) is 0. The van der Waals surface area contributed by atoms with Gasteiger partial charge in [0, 0.05) is 61.2 Å². The molecule has 4 heterocycles. The monoisotopic (exact) mass is 913 g/mol. The molecule has 0 spiro atoms. The molecule has 4 nitrogen and oxygen atoms in total. The highest BCUT2D eigenvalue weighted by atomic mass is 16.3. The molecule has 2 aromatic heterocycles. The summed E-state index contributed by atoms with van der Waals surface area (Å²) in [6.07, 6.45) is 0. The molecule has 2 aliphatic heterocycles. The van der Waals surface area contributed by atoms with E-state index in [1.807, 2.05) is 0 Å². The number of benzene rings is 10. The van der Waals surface area contributed by atoms with Gasteiger partial charge in [0.2, 0.25) is 0 Å². The first-order chi connectivity index (χ1) is 34.5. The average Bonchev–Trinajstić information content (AvgIpc) is 3.92. The van der Waals surface area contributed by atoms with Crippen molar-refractivity contribution in [3.05, 3.63) is 217 Å². The summed E-state index contributed by atoms with van der Waals surface area (Å²) in [6, 6.07) is 76.7. The van der Waals surface area contributed by atoms with Crippen LogP contribution < -0.4 is 20.6 Å². The van der Waals surface area contributed by atoms with E-state index in [1.54, 1.807) is 0 Å². The SMILES string of the molecule is CC(C)(C)c1ccc2c(c1)c1cc(C(C)(C)C)cc3c1n2-c1cc(N(c2ccccc2)c2ccccc2)cc2c1B3N(c1ccc(-c3ccccc3)cc1)c1ccc3oc4cc5ccccc5cc4c3c1-2. The number of hydrogen-bond acceptors (Lipinski definition) is 3. The van der Waals surface area contributed by atoms with Gasteiger partial charge in [-0.2, -0.15) is 0 Å². The van der Waals surface area contributed by atoms with Crippen molar-refractivity contribution in [3.63, 3.8) is 0 Å². The van der Waals surface area contributed by atoms with E-state index in [9.17, 15) is 0 Å². The van der Waals surface area contributed by atoms with E-state index in [1.165, 1.54) is 82.6 Å². The number of furan rings is 1. The molecular weight excluding hydrogens is 862 g/mol. The highest BCUT2D eigenvalue weighted by Gasteiger charge is 2.46. The maximum Gasteiger partial charge on any atom is 0.333 e. The van der Waals surface area contributed by atoms with Crippen molar-refractivity contribution in [2.75, 3.05) is 9.71 Å². The van der Waals surface area contributed by atoms with Crippen LogP contribution in [0.15, 0.2) is 211 Å². The van der Waals surface area contributed by atoms with Crippen molar-refractivity contribution >= 4 is 101 Å². The van der Waals surface area contributed by atoms with Gasteiger partial charge in [-0.3, -0.25) is 0 Å². The molecule has 0 fully saturated rings. The van der Waals surface area contributed by atoms with E-state index in [0.29, 0.717) is 0 Å². The summed E-state index contributed by atoms with van der Waals surface area (Å²) in [5.74, 6) is 0. The fourth-order valence-electron chi connectivity index (χ4n) is 11.9. The molecule has 10 aromatic carbocycles. The Balaban J connectivity index is 1.17. The molecule has 0 aliphatic carbocycles. The van der Waals surface area contributed by atoms with Crippen molar-refractivity contribution < 1.29 is 4.42 Å². The number of rotatable bonds is 5. The van der Waals surface area contributed by atoms with Gasteiger partial charge < -0.3 is 18.7 Å². The number of aromatic nitrogens is 1. The first-order valence-electron chi connectivity index (χ1n) is 25.0. The molecule has 5 heteroatoms. The van der Waals surface area contributed by atoms with Crippen molar-refractivity contribution in [1.29, 1.82) is 0 Å². The molecule has 71 heavy (non-hydrogen) atoms. The van der Waals surface area contributed by atoms with Crippen LogP contribution in [0, 0.1) is 0 Å². The van der Waals surface area contributed by atoms with Crippen LogP contribution in [0.4, 0.5) is 28.4 Å². The molecular formula is C66H52BN3O. The summed E-state index contributed by atoms with van der Waals surface area (Å²) in [4.78, 5) is 5.09. The van der Waals surface area contributed by atoms with E-state index >= 15 is 0 Å². The minimum atomic E-state index is -0.175. The lowest BCUT2D eigenvalue weighted by atomic mass is 9.43. The van der Waals surface area contributed by atoms with E-state index in [-0.39, 0.29) is 17.7 Å². The van der Waals surface area contributed by atoms with E-state index < -0.39 is 0 Å². The summed E-state index contributed by atoms with van der Waals surface area (Å²) in [6.45, 7) is 13.9. The second-order valence-electron chi connectivity index (χ2n) is 21.8. The molecule has 340 valence electrons. The second-order valence-corrected chi connectivity index (χ2v) is 21.8. The Bertz CT molecular complexity index is 4080. The van der Waals surface area contributed by atoms with Crippen LogP contribution in [0.2, 0.25) is 0 Å². The van der Waals surface area contributed by atoms with Gasteiger partial charge in [-0.05, 0) is 151 Å². The van der Waals surface area contributed by atoms with Crippen LogP contribution in [0.3, 0.4) is 0 Å². The maximum absolute atomic E-state index is 6.97. The first kappa shape index (κ1) is 41.7. The fraction of sp³-hybridized carbons (Fsp3) is 0.121. The van der Waals surface area contributed by atoms with E-state index in [0.717, 1.165) is 50.4 Å². The molecule has 0 saturated heterocycles. The fourth-order valence-corrected chi connectivity index (χ4v) is 11.9. The largest absolute Gasteiger partial charge is 0.456 e. The van der Waals surface area contributed by atoms with Crippen LogP contribution in [0.25, 0.3) is 82.5 Å². The normalized spacial score (nSPS) is 13.2. The van der Waals surface area contributed by atoms with Crippen molar-refractivity contribution in [2.45, 2.75) is 52.4 Å². The van der Waals surface area contributed by atoms with Gasteiger partial charge in [0.05, 0.1) is 11.0 Å². The zero-order valence-electron chi connectivity index (χ0n) is 41.0. The highest BCUT2D eigenvalue weighted by molar-refractivity contribution is 6.93. The molecule has 12 aromatic rings. The topological polar surface area (TPSA) is 24.6 Å². The second kappa shape index (κ2) is 15.1. The van der Waals surface area contributed by atoms with Gasteiger partial charge in [-0.25, -0.2) is 0 Å². The minimum absolute atomic E-state index is 0.0305. The smallest absolute Gasteiger partial charge is 0.333 e. The molecule has 0 amide bonds. The van der Waals surface area contributed by atoms with Crippen LogP contribution >= 0.6 is 0 Å². The Kier molecular flexibility index (Phi) is 8.87. The van der Waals surface area contributed by atoms with Crippen LogP contribution in [0.5, 0.6) is 0 Å². The predicted octanol–water partition coefficient (Wildman–Crippen LogP) is 16.8. The van der Waals surface area contributed by atoms with Crippen LogP contribution in [0.1, 0.15) is 52.7 Å². The lowest BCUT2D eigenvalue weighted by Crippen LogP contribution is -2.60. The average molecular weight is 914 g/mol. The molecule has 14 rings (SSSR count). The third kappa shape index (κ3) is 6.31. The van der Waals surface area contributed by atoms with Gasteiger partial charge >= 0.3 is 6.85 Å². The van der Waals surface area contributed by atoms with Gasteiger partial charge in [-0.15, -0.1) is 0 Å². The Morgan fingerprint density at radius 1 is 0.465 bits per heavy atom. The predicted molar refractivity (Wildman–Crippen MR) is 302 cm³/mol. The Morgan fingerprint density at radius 2 is 1.08 bits per heavy atom.